The molecule has 0 spiro atoms. The van der Waals surface area contributed by atoms with Crippen LogP contribution in [0.25, 0.3) is 0 Å². The standard InChI is InChI=1S/C7H9N/c8-6-7-4-2-1-3-5-7/h1-5H,6,8H2/i2D,5D. The minimum absolute atomic E-state index is 0.339. The topological polar surface area (TPSA) is 26.0 Å². The first-order chi connectivity index (χ1) is 4.74. The van der Waals surface area contributed by atoms with E-state index in [1.807, 2.05) is 0 Å². The van der Waals surface area contributed by atoms with Gasteiger partial charge in [0.25, 0.3) is 0 Å². The summed E-state index contributed by atoms with van der Waals surface area (Å²) in [4.78, 5) is 0. The lowest BCUT2D eigenvalue weighted by atomic mass is 10.2. The number of hydrogen-bond acceptors (Lipinski definition) is 1. The lowest BCUT2D eigenvalue weighted by Gasteiger charge is -1.90. The molecule has 42 valence electrons. The Morgan fingerprint density at radius 2 is 2.50 bits per heavy atom. The molecule has 0 aliphatic carbocycles. The second-order valence-electron chi connectivity index (χ2n) is 1.52. The Morgan fingerprint density at radius 3 is 3.12 bits per heavy atom. The molecule has 0 amide bonds. The van der Waals surface area contributed by atoms with Crippen LogP contribution in [0.2, 0.25) is 0 Å². The van der Waals surface area contributed by atoms with Crippen LogP contribution in [0, 0.1) is 0 Å². The second kappa shape index (κ2) is 2.48. The van der Waals surface area contributed by atoms with Gasteiger partial charge in [0.2, 0.25) is 0 Å². The summed E-state index contributed by atoms with van der Waals surface area (Å²) >= 11 is 0. The molecule has 1 aromatic carbocycles. The fourth-order valence-electron chi connectivity index (χ4n) is 0.505. The smallest absolute Gasteiger partial charge is 0.0626 e. The van der Waals surface area contributed by atoms with Crippen LogP contribution in [-0.2, 0) is 6.54 Å². The minimum Gasteiger partial charge on any atom is -0.326 e. The minimum atomic E-state index is 0.339. The van der Waals surface area contributed by atoms with E-state index in [0.29, 0.717) is 18.6 Å². The monoisotopic (exact) mass is 109 g/mol. The third kappa shape index (κ3) is 1.07. The van der Waals surface area contributed by atoms with Gasteiger partial charge in [0.15, 0.2) is 0 Å². The molecular weight excluding hydrogens is 98.1 g/mol. The summed E-state index contributed by atoms with van der Waals surface area (Å²) in [6, 6.07) is 5.61. The molecule has 0 atom stereocenters. The van der Waals surface area contributed by atoms with Crippen LogP contribution in [0.4, 0.5) is 0 Å². The van der Waals surface area contributed by atoms with Gasteiger partial charge in [-0.3, -0.25) is 0 Å². The zero-order valence-corrected chi connectivity index (χ0v) is 4.52. The van der Waals surface area contributed by atoms with Gasteiger partial charge in [-0.25, -0.2) is 0 Å². The third-order valence-electron chi connectivity index (χ3n) is 0.926. The van der Waals surface area contributed by atoms with Gasteiger partial charge in [-0.05, 0) is 5.56 Å². The molecule has 2 N–H and O–H groups in total. The van der Waals surface area contributed by atoms with Gasteiger partial charge in [-0.1, -0.05) is 30.3 Å². The molecule has 8 heavy (non-hydrogen) atoms. The van der Waals surface area contributed by atoms with Crippen molar-refractivity contribution in [3.8, 4) is 0 Å². The maximum atomic E-state index is 7.30. The quantitative estimate of drug-likeness (QED) is 0.575. The van der Waals surface area contributed by atoms with Crippen LogP contribution in [-0.4, -0.2) is 0 Å². The molecule has 0 saturated carbocycles. The number of nitrogens with two attached hydrogens (primary N) is 1. The van der Waals surface area contributed by atoms with Gasteiger partial charge in [0.1, 0.15) is 0 Å². The molecular formula is C7H9N. The van der Waals surface area contributed by atoms with Crippen LogP contribution in [0.3, 0.4) is 0 Å². The van der Waals surface area contributed by atoms with E-state index in [1.54, 1.807) is 18.2 Å². The Balaban J connectivity index is 3.09. The molecule has 0 aromatic heterocycles. The number of benzene rings is 1. The average Bonchev–Trinajstić information content (AvgIpc) is 1.94. The maximum absolute atomic E-state index is 7.30. The first-order valence-electron chi connectivity index (χ1n) is 3.50. The van der Waals surface area contributed by atoms with Crippen molar-refractivity contribution in [3.63, 3.8) is 0 Å². The van der Waals surface area contributed by atoms with E-state index in [1.165, 1.54) is 0 Å². The molecule has 0 saturated heterocycles. The molecule has 0 heterocycles. The van der Waals surface area contributed by atoms with Crippen LogP contribution in [0.1, 0.15) is 8.30 Å². The molecule has 0 aliphatic heterocycles. The second-order valence-corrected chi connectivity index (χ2v) is 1.52. The predicted molar refractivity (Wildman–Crippen MR) is 34.3 cm³/mol. The van der Waals surface area contributed by atoms with Crippen molar-refractivity contribution < 1.29 is 2.74 Å². The Kier molecular flexibility index (Phi) is 1.01. The van der Waals surface area contributed by atoms with E-state index in [0.717, 1.165) is 5.56 Å². The third-order valence-corrected chi connectivity index (χ3v) is 0.926. The van der Waals surface area contributed by atoms with Crippen LogP contribution < -0.4 is 5.73 Å². The highest BCUT2D eigenvalue weighted by Gasteiger charge is 1.80. The van der Waals surface area contributed by atoms with E-state index in [2.05, 4.69) is 0 Å². The van der Waals surface area contributed by atoms with E-state index in [4.69, 9.17) is 8.48 Å². The van der Waals surface area contributed by atoms with Crippen LogP contribution >= 0.6 is 0 Å². The fourth-order valence-corrected chi connectivity index (χ4v) is 0.505. The van der Waals surface area contributed by atoms with Crippen molar-refractivity contribution in [2.24, 2.45) is 5.73 Å². The Bertz CT molecular complexity index is 235. The summed E-state index contributed by atoms with van der Waals surface area (Å²) in [7, 11) is 0. The highest BCUT2D eigenvalue weighted by molar-refractivity contribution is 5.13. The summed E-state index contributed by atoms with van der Waals surface area (Å²) in [5.41, 5.74) is 6.05. The van der Waals surface area contributed by atoms with Crippen LogP contribution in [0.15, 0.2) is 30.3 Å². The first-order valence-corrected chi connectivity index (χ1v) is 2.50. The molecule has 0 radical (unpaired) electrons. The Morgan fingerprint density at radius 1 is 1.62 bits per heavy atom. The zero-order chi connectivity index (χ0) is 7.56. The molecule has 0 bridgehead atoms. The zero-order valence-electron chi connectivity index (χ0n) is 6.52. The van der Waals surface area contributed by atoms with Gasteiger partial charge in [-0.15, -0.1) is 0 Å². The van der Waals surface area contributed by atoms with Crippen molar-refractivity contribution in [1.82, 2.24) is 0 Å². The van der Waals surface area contributed by atoms with Gasteiger partial charge in [0, 0.05) is 6.54 Å². The van der Waals surface area contributed by atoms with Gasteiger partial charge in [-0.2, -0.15) is 0 Å². The average molecular weight is 109 g/mol. The lowest BCUT2D eigenvalue weighted by Crippen LogP contribution is -1.94. The Labute approximate surface area is 51.9 Å². The van der Waals surface area contributed by atoms with E-state index >= 15 is 0 Å². The molecule has 0 unspecified atom stereocenters. The molecule has 1 nitrogen and oxygen atoms in total. The highest BCUT2D eigenvalue weighted by Crippen LogP contribution is 1.94. The summed E-state index contributed by atoms with van der Waals surface area (Å²) in [5, 5.41) is 0. The fraction of sp³-hybridized carbons (Fsp3) is 0.143. The van der Waals surface area contributed by atoms with Crippen molar-refractivity contribution in [1.29, 1.82) is 0 Å². The molecule has 0 aliphatic rings. The summed E-state index contributed by atoms with van der Waals surface area (Å²) in [6.45, 7) is 0.339. The van der Waals surface area contributed by atoms with Gasteiger partial charge < -0.3 is 5.73 Å². The van der Waals surface area contributed by atoms with Crippen molar-refractivity contribution in [2.75, 3.05) is 0 Å². The Hall–Kier alpha value is -0.820. The maximum Gasteiger partial charge on any atom is 0.0626 e. The molecule has 1 heteroatoms. The highest BCUT2D eigenvalue weighted by atomic mass is 14.5. The molecule has 1 aromatic rings. The molecule has 0 fully saturated rings. The first kappa shape index (κ1) is 3.25. The largest absolute Gasteiger partial charge is 0.326 e. The van der Waals surface area contributed by atoms with Gasteiger partial charge in [0.05, 0.1) is 2.74 Å². The van der Waals surface area contributed by atoms with E-state index in [-0.39, 0.29) is 0 Å². The van der Waals surface area contributed by atoms with Crippen molar-refractivity contribution in [3.05, 3.63) is 35.8 Å². The predicted octanol–water partition coefficient (Wildman–Crippen LogP) is 1.15. The van der Waals surface area contributed by atoms with Crippen molar-refractivity contribution in [2.45, 2.75) is 6.54 Å². The van der Waals surface area contributed by atoms with E-state index < -0.39 is 0 Å². The van der Waals surface area contributed by atoms with Crippen LogP contribution in [0.5, 0.6) is 0 Å². The summed E-state index contributed by atoms with van der Waals surface area (Å²) in [5.74, 6) is 0. The van der Waals surface area contributed by atoms with E-state index in [9.17, 15) is 0 Å². The number of rotatable bonds is 1. The van der Waals surface area contributed by atoms with Crippen molar-refractivity contribution >= 4 is 0 Å². The number of hydrogen-bond donors (Lipinski definition) is 1. The van der Waals surface area contributed by atoms with Gasteiger partial charge >= 0.3 is 0 Å². The lowest BCUT2D eigenvalue weighted by molar-refractivity contribution is 1.07. The molecule has 1 rings (SSSR count). The summed E-state index contributed by atoms with van der Waals surface area (Å²) < 4.78 is 14.5. The normalized spacial score (nSPS) is 12.6. The SMILES string of the molecule is [2H]c1ccc([2H])c(CN)c1. The summed E-state index contributed by atoms with van der Waals surface area (Å²) in [6.07, 6.45) is 0.